The van der Waals surface area contributed by atoms with Crippen LogP contribution in [0.4, 0.5) is 5.13 Å². The van der Waals surface area contributed by atoms with Crippen LogP contribution in [0.5, 0.6) is 5.75 Å². The summed E-state index contributed by atoms with van der Waals surface area (Å²) < 4.78 is 11.7. The lowest BCUT2D eigenvalue weighted by molar-refractivity contribution is -0.124. The van der Waals surface area contributed by atoms with Crippen molar-refractivity contribution in [3.8, 4) is 5.75 Å². The number of aromatic nitrogens is 2. The highest BCUT2D eigenvalue weighted by Gasteiger charge is 2.23. The number of carbonyl (C=O) groups is 2. The van der Waals surface area contributed by atoms with E-state index in [4.69, 9.17) is 9.47 Å². The van der Waals surface area contributed by atoms with E-state index in [1.807, 2.05) is 25.1 Å². The number of pyridine rings is 1. The molecule has 1 amide bonds. The quantitative estimate of drug-likeness (QED) is 0.624. The number of esters is 1. The van der Waals surface area contributed by atoms with Gasteiger partial charge in [-0.05, 0) is 43.7 Å². The molecule has 7 nitrogen and oxygen atoms in total. The van der Waals surface area contributed by atoms with Crippen LogP contribution in [0.2, 0.25) is 0 Å². The molecule has 0 aliphatic rings. The minimum absolute atomic E-state index is 0.347. The average molecular weight is 385 g/mol. The Morgan fingerprint density at radius 2 is 1.96 bits per heavy atom. The summed E-state index contributed by atoms with van der Waals surface area (Å²) in [6.45, 7) is 4.27. The lowest BCUT2D eigenvalue weighted by atomic mass is 10.2. The molecule has 1 unspecified atom stereocenters. The van der Waals surface area contributed by atoms with E-state index in [1.165, 1.54) is 35.9 Å². The van der Waals surface area contributed by atoms with Crippen LogP contribution in [-0.4, -0.2) is 34.6 Å². The highest BCUT2D eigenvalue weighted by atomic mass is 32.1. The molecule has 27 heavy (non-hydrogen) atoms. The summed E-state index contributed by atoms with van der Waals surface area (Å²) in [5, 5.41) is 3.18. The van der Waals surface area contributed by atoms with E-state index < -0.39 is 18.0 Å². The molecule has 0 fully saturated rings. The first-order chi connectivity index (χ1) is 13.1. The molecule has 0 spiro atoms. The van der Waals surface area contributed by atoms with Crippen LogP contribution in [0.3, 0.4) is 0 Å². The predicted molar refractivity (Wildman–Crippen MR) is 103 cm³/mol. The van der Waals surface area contributed by atoms with Gasteiger partial charge in [0.15, 0.2) is 11.2 Å². The molecule has 2 heterocycles. The first kappa shape index (κ1) is 18.8. The fourth-order valence-corrected chi connectivity index (χ4v) is 3.31. The summed E-state index contributed by atoms with van der Waals surface area (Å²) in [7, 11) is 0. The number of carbonyl (C=O) groups excluding carboxylic acids is 2. The van der Waals surface area contributed by atoms with Crippen molar-refractivity contribution in [3.05, 3.63) is 48.3 Å². The summed E-state index contributed by atoms with van der Waals surface area (Å²) in [6.07, 6.45) is 2.43. The van der Waals surface area contributed by atoms with Gasteiger partial charge in [0.2, 0.25) is 0 Å². The Morgan fingerprint density at radius 1 is 1.19 bits per heavy atom. The number of benzene rings is 1. The molecule has 0 aliphatic heterocycles. The second-order valence-corrected chi connectivity index (χ2v) is 6.64. The van der Waals surface area contributed by atoms with Gasteiger partial charge in [-0.3, -0.25) is 15.1 Å². The van der Waals surface area contributed by atoms with Gasteiger partial charge < -0.3 is 9.47 Å². The van der Waals surface area contributed by atoms with E-state index in [9.17, 15) is 9.59 Å². The molecule has 3 rings (SSSR count). The van der Waals surface area contributed by atoms with Crippen molar-refractivity contribution in [1.82, 2.24) is 9.97 Å². The molecule has 0 saturated carbocycles. The molecule has 0 saturated heterocycles. The third-order valence-corrected chi connectivity index (χ3v) is 4.66. The number of fused-ring (bicyclic) bond motifs is 1. The van der Waals surface area contributed by atoms with Gasteiger partial charge in [-0.2, -0.15) is 0 Å². The molecule has 1 aromatic carbocycles. The normalized spacial score (nSPS) is 11.8. The zero-order valence-corrected chi connectivity index (χ0v) is 15.8. The maximum atomic E-state index is 12.5. The van der Waals surface area contributed by atoms with Crippen LogP contribution in [0.15, 0.2) is 42.7 Å². The maximum Gasteiger partial charge on any atom is 0.339 e. The largest absolute Gasteiger partial charge is 0.494 e. The Bertz CT molecular complexity index is 943. The molecular weight excluding hydrogens is 366 g/mol. The van der Waals surface area contributed by atoms with Gasteiger partial charge in [-0.15, -0.1) is 0 Å². The second kappa shape index (κ2) is 8.59. The SMILES string of the molecule is CCOc1ccc2nc(NC(=O)C(CC)OC(=O)c3ccncc3)sc2c1. The van der Waals surface area contributed by atoms with Crippen LogP contribution in [-0.2, 0) is 9.53 Å². The number of anilines is 1. The number of thiazole rings is 1. The lowest BCUT2D eigenvalue weighted by Crippen LogP contribution is -2.32. The number of hydrogen-bond acceptors (Lipinski definition) is 7. The Balaban J connectivity index is 1.69. The van der Waals surface area contributed by atoms with Crippen LogP contribution in [0.1, 0.15) is 30.6 Å². The highest BCUT2D eigenvalue weighted by Crippen LogP contribution is 2.29. The van der Waals surface area contributed by atoms with Crippen molar-refractivity contribution in [1.29, 1.82) is 0 Å². The van der Waals surface area contributed by atoms with Gasteiger partial charge in [0.25, 0.3) is 5.91 Å². The molecular formula is C19H19N3O4S. The summed E-state index contributed by atoms with van der Waals surface area (Å²) in [5.41, 5.74) is 1.11. The van der Waals surface area contributed by atoms with E-state index in [1.54, 1.807) is 6.92 Å². The Labute approximate surface area is 160 Å². The monoisotopic (exact) mass is 385 g/mol. The molecule has 8 heteroatoms. The van der Waals surface area contributed by atoms with Crippen molar-refractivity contribution in [2.75, 3.05) is 11.9 Å². The zero-order valence-electron chi connectivity index (χ0n) is 15.0. The fourth-order valence-electron chi connectivity index (χ4n) is 2.41. The molecule has 1 atom stereocenters. The maximum absolute atomic E-state index is 12.5. The highest BCUT2D eigenvalue weighted by molar-refractivity contribution is 7.22. The van der Waals surface area contributed by atoms with Gasteiger partial charge >= 0.3 is 5.97 Å². The molecule has 0 aliphatic carbocycles. The summed E-state index contributed by atoms with van der Waals surface area (Å²) >= 11 is 1.34. The van der Waals surface area contributed by atoms with Crippen molar-refractivity contribution in [2.45, 2.75) is 26.4 Å². The lowest BCUT2D eigenvalue weighted by Gasteiger charge is -2.15. The predicted octanol–water partition coefficient (Wildman–Crippen LogP) is 3.66. The van der Waals surface area contributed by atoms with E-state index in [2.05, 4.69) is 15.3 Å². The standard InChI is InChI=1S/C19H19N3O4S/c1-3-15(26-18(24)12-7-9-20-10-8-12)17(23)22-19-21-14-6-5-13(25-4-2)11-16(14)27-19/h5-11,15H,3-4H2,1-2H3,(H,21,22,23). The van der Waals surface area contributed by atoms with E-state index in [0.29, 0.717) is 23.7 Å². The third-order valence-electron chi connectivity index (χ3n) is 3.73. The Hall–Kier alpha value is -3.00. The molecule has 140 valence electrons. The van der Waals surface area contributed by atoms with Crippen LogP contribution < -0.4 is 10.1 Å². The summed E-state index contributed by atoms with van der Waals surface area (Å²) in [6, 6.07) is 8.63. The third kappa shape index (κ3) is 4.59. The van der Waals surface area contributed by atoms with Gasteiger partial charge in [-0.25, -0.2) is 9.78 Å². The van der Waals surface area contributed by atoms with Crippen LogP contribution in [0.25, 0.3) is 10.2 Å². The molecule has 0 radical (unpaired) electrons. The number of rotatable bonds is 7. The first-order valence-corrected chi connectivity index (χ1v) is 9.37. The minimum atomic E-state index is -0.906. The first-order valence-electron chi connectivity index (χ1n) is 8.56. The Kier molecular flexibility index (Phi) is 5.97. The van der Waals surface area contributed by atoms with Crippen LogP contribution >= 0.6 is 11.3 Å². The van der Waals surface area contributed by atoms with Gasteiger partial charge in [0, 0.05) is 12.4 Å². The van der Waals surface area contributed by atoms with Gasteiger partial charge in [-0.1, -0.05) is 18.3 Å². The van der Waals surface area contributed by atoms with Crippen molar-refractivity contribution >= 4 is 38.6 Å². The molecule has 0 bridgehead atoms. The number of nitrogens with one attached hydrogen (secondary N) is 1. The number of amides is 1. The van der Waals surface area contributed by atoms with E-state index in [0.717, 1.165) is 16.0 Å². The summed E-state index contributed by atoms with van der Waals surface area (Å²) in [5.74, 6) is -0.224. The number of hydrogen-bond donors (Lipinski definition) is 1. The number of nitrogens with zero attached hydrogens (tertiary/aromatic N) is 2. The second-order valence-electron chi connectivity index (χ2n) is 5.61. The fraction of sp³-hybridized carbons (Fsp3) is 0.263. The molecule has 2 aromatic heterocycles. The van der Waals surface area contributed by atoms with Gasteiger partial charge in [0.1, 0.15) is 5.75 Å². The molecule has 3 aromatic rings. The van der Waals surface area contributed by atoms with Crippen molar-refractivity contribution < 1.29 is 19.1 Å². The summed E-state index contributed by atoms with van der Waals surface area (Å²) in [4.78, 5) is 32.9. The van der Waals surface area contributed by atoms with Crippen molar-refractivity contribution in [2.24, 2.45) is 0 Å². The Morgan fingerprint density at radius 3 is 2.67 bits per heavy atom. The van der Waals surface area contributed by atoms with E-state index >= 15 is 0 Å². The molecule has 1 N–H and O–H groups in total. The average Bonchev–Trinajstić information content (AvgIpc) is 3.08. The van der Waals surface area contributed by atoms with Crippen LogP contribution in [0, 0.1) is 0 Å². The van der Waals surface area contributed by atoms with Crippen molar-refractivity contribution in [3.63, 3.8) is 0 Å². The minimum Gasteiger partial charge on any atom is -0.494 e. The van der Waals surface area contributed by atoms with E-state index in [-0.39, 0.29) is 0 Å². The topological polar surface area (TPSA) is 90.4 Å². The number of ether oxygens (including phenoxy) is 2. The smallest absolute Gasteiger partial charge is 0.339 e. The zero-order chi connectivity index (χ0) is 19.2. The van der Waals surface area contributed by atoms with Gasteiger partial charge in [0.05, 0.1) is 22.4 Å².